The fourth-order valence-corrected chi connectivity index (χ4v) is 3.04. The fourth-order valence-electron chi connectivity index (χ4n) is 2.44. The molecule has 2 nitrogen and oxygen atoms in total. The average molecular weight is 363 g/mol. The quantitative estimate of drug-likeness (QED) is 0.254. The number of halogens is 3. The van der Waals surface area contributed by atoms with Gasteiger partial charge in [-0.1, -0.05) is 57.9 Å². The molecule has 0 aromatic heterocycles. The lowest BCUT2D eigenvalue weighted by molar-refractivity contribution is 0.462. The van der Waals surface area contributed by atoms with Crippen molar-refractivity contribution in [1.29, 1.82) is 0 Å². The Hall–Kier alpha value is -0.520. The maximum absolute atomic E-state index is 13.6. The van der Waals surface area contributed by atoms with Crippen LogP contribution in [0.25, 0.3) is 0 Å². The lowest BCUT2D eigenvalue weighted by Crippen LogP contribution is -2.28. The van der Waals surface area contributed by atoms with Crippen molar-refractivity contribution in [3.05, 3.63) is 33.8 Å². The maximum atomic E-state index is 13.6. The van der Waals surface area contributed by atoms with Gasteiger partial charge in [0, 0.05) is 6.04 Å². The van der Waals surface area contributed by atoms with E-state index in [9.17, 15) is 8.78 Å². The third-order valence-corrected chi connectivity index (χ3v) is 4.54. The second-order valence-corrected chi connectivity index (χ2v) is 6.19. The lowest BCUT2D eigenvalue weighted by Gasteiger charge is -2.18. The zero-order valence-electron chi connectivity index (χ0n) is 12.6. The first-order chi connectivity index (χ1) is 10.1. The molecule has 0 aliphatic rings. The molecule has 0 saturated heterocycles. The highest BCUT2D eigenvalue weighted by Gasteiger charge is 2.17. The normalized spacial score (nSPS) is 12.6. The van der Waals surface area contributed by atoms with Crippen LogP contribution in [0.1, 0.15) is 69.9 Å². The Morgan fingerprint density at radius 1 is 1.10 bits per heavy atom. The highest BCUT2D eigenvalue weighted by molar-refractivity contribution is 9.10. The molecule has 0 saturated carbocycles. The van der Waals surface area contributed by atoms with E-state index in [-0.39, 0.29) is 10.5 Å². The maximum Gasteiger partial charge on any atom is 0.173 e. The molecule has 21 heavy (non-hydrogen) atoms. The summed E-state index contributed by atoms with van der Waals surface area (Å²) in [6.45, 7) is 2.21. The molecule has 120 valence electrons. The van der Waals surface area contributed by atoms with Gasteiger partial charge < -0.3 is 0 Å². The van der Waals surface area contributed by atoms with Gasteiger partial charge in [0.1, 0.15) is 0 Å². The third kappa shape index (κ3) is 6.01. The van der Waals surface area contributed by atoms with E-state index in [4.69, 9.17) is 5.84 Å². The van der Waals surface area contributed by atoms with Crippen LogP contribution >= 0.6 is 15.9 Å². The standard InChI is InChI=1S/C16H25BrF2N2/c1-2-3-4-5-6-7-8-9-14(21-20)12-10-11-13(18)16(19)15(12)17/h10-11,14,21H,2-9,20H2,1H3. The summed E-state index contributed by atoms with van der Waals surface area (Å²) in [7, 11) is 0. The zero-order valence-corrected chi connectivity index (χ0v) is 14.2. The number of nitrogens with one attached hydrogen (secondary N) is 1. The van der Waals surface area contributed by atoms with E-state index in [0.717, 1.165) is 25.3 Å². The van der Waals surface area contributed by atoms with Crippen molar-refractivity contribution >= 4 is 15.9 Å². The SMILES string of the molecule is CCCCCCCCCC(NN)c1ccc(F)c(F)c1Br. The van der Waals surface area contributed by atoms with Crippen LogP contribution in [0.15, 0.2) is 16.6 Å². The molecule has 1 atom stereocenters. The van der Waals surface area contributed by atoms with Crippen LogP contribution in [0, 0.1) is 11.6 Å². The summed E-state index contributed by atoms with van der Waals surface area (Å²) in [5.41, 5.74) is 3.37. The topological polar surface area (TPSA) is 38.0 Å². The van der Waals surface area contributed by atoms with Crippen molar-refractivity contribution in [3.63, 3.8) is 0 Å². The van der Waals surface area contributed by atoms with E-state index in [1.807, 2.05) is 0 Å². The highest BCUT2D eigenvalue weighted by Crippen LogP contribution is 2.30. The van der Waals surface area contributed by atoms with Crippen molar-refractivity contribution < 1.29 is 8.78 Å². The van der Waals surface area contributed by atoms with Crippen molar-refractivity contribution in [2.75, 3.05) is 0 Å². The summed E-state index contributed by atoms with van der Waals surface area (Å²) in [5, 5.41) is 0. The Balaban J connectivity index is 2.43. The average Bonchev–Trinajstić information content (AvgIpc) is 2.49. The molecule has 3 N–H and O–H groups in total. The molecular weight excluding hydrogens is 338 g/mol. The molecule has 0 heterocycles. The van der Waals surface area contributed by atoms with Gasteiger partial charge in [0.15, 0.2) is 11.6 Å². The molecule has 0 fully saturated rings. The molecule has 0 amide bonds. The number of nitrogens with two attached hydrogens (primary N) is 1. The molecular formula is C16H25BrF2N2. The number of rotatable bonds is 10. The second-order valence-electron chi connectivity index (χ2n) is 5.39. The zero-order chi connectivity index (χ0) is 15.7. The molecule has 0 aliphatic carbocycles. The predicted molar refractivity (Wildman–Crippen MR) is 86.7 cm³/mol. The van der Waals surface area contributed by atoms with Crippen LogP contribution in [0.2, 0.25) is 0 Å². The van der Waals surface area contributed by atoms with Crippen LogP contribution in [0.3, 0.4) is 0 Å². The summed E-state index contributed by atoms with van der Waals surface area (Å²) in [5.74, 6) is 3.85. The van der Waals surface area contributed by atoms with Crippen LogP contribution < -0.4 is 11.3 Å². The van der Waals surface area contributed by atoms with Gasteiger partial charge in [0.05, 0.1) is 4.47 Å². The van der Waals surface area contributed by atoms with Crippen molar-refractivity contribution in [1.82, 2.24) is 5.43 Å². The van der Waals surface area contributed by atoms with E-state index in [1.54, 1.807) is 6.07 Å². The molecule has 1 unspecified atom stereocenters. The number of hydrazine groups is 1. The first-order valence-electron chi connectivity index (χ1n) is 7.71. The molecule has 0 bridgehead atoms. The Bertz CT molecular complexity index is 427. The van der Waals surface area contributed by atoms with Crippen LogP contribution in [0.5, 0.6) is 0 Å². The summed E-state index contributed by atoms with van der Waals surface area (Å²) in [4.78, 5) is 0. The van der Waals surface area contributed by atoms with Gasteiger partial charge in [-0.15, -0.1) is 0 Å². The van der Waals surface area contributed by atoms with Crippen LogP contribution in [-0.4, -0.2) is 0 Å². The minimum atomic E-state index is -0.854. The van der Waals surface area contributed by atoms with E-state index in [0.29, 0.717) is 5.56 Å². The molecule has 0 aliphatic heterocycles. The van der Waals surface area contributed by atoms with Gasteiger partial charge in [0.2, 0.25) is 0 Å². The van der Waals surface area contributed by atoms with E-state index in [1.165, 1.54) is 32.1 Å². The predicted octanol–water partition coefficient (Wildman–Crippen LogP) is 5.37. The number of hydrogen-bond donors (Lipinski definition) is 2. The highest BCUT2D eigenvalue weighted by atomic mass is 79.9. The van der Waals surface area contributed by atoms with Gasteiger partial charge in [-0.2, -0.15) is 0 Å². The van der Waals surface area contributed by atoms with Gasteiger partial charge in [-0.3, -0.25) is 11.3 Å². The molecule has 1 aromatic rings. The summed E-state index contributed by atoms with van der Waals surface area (Å²) < 4.78 is 26.8. The van der Waals surface area contributed by atoms with Crippen LogP contribution in [-0.2, 0) is 0 Å². The molecule has 0 spiro atoms. The number of hydrogen-bond acceptors (Lipinski definition) is 2. The van der Waals surface area contributed by atoms with Crippen molar-refractivity contribution in [3.8, 4) is 0 Å². The van der Waals surface area contributed by atoms with Gasteiger partial charge >= 0.3 is 0 Å². The lowest BCUT2D eigenvalue weighted by atomic mass is 9.99. The number of unbranched alkanes of at least 4 members (excludes halogenated alkanes) is 6. The summed E-state index contributed by atoms with van der Waals surface area (Å²) in [6, 6.07) is 2.56. The largest absolute Gasteiger partial charge is 0.271 e. The van der Waals surface area contributed by atoms with Crippen LogP contribution in [0.4, 0.5) is 8.78 Å². The first kappa shape index (κ1) is 18.5. The fraction of sp³-hybridized carbons (Fsp3) is 0.625. The molecule has 1 rings (SSSR count). The van der Waals surface area contributed by atoms with Gasteiger partial charge in [-0.05, 0) is 34.0 Å². The Kier molecular flexibility index (Phi) is 9.04. The Morgan fingerprint density at radius 3 is 2.33 bits per heavy atom. The number of benzene rings is 1. The van der Waals surface area contributed by atoms with Gasteiger partial charge in [0.25, 0.3) is 0 Å². The van der Waals surface area contributed by atoms with E-state index >= 15 is 0 Å². The first-order valence-corrected chi connectivity index (χ1v) is 8.50. The van der Waals surface area contributed by atoms with Crippen molar-refractivity contribution in [2.24, 2.45) is 5.84 Å². The summed E-state index contributed by atoms with van der Waals surface area (Å²) >= 11 is 3.11. The molecule has 0 radical (unpaired) electrons. The smallest absolute Gasteiger partial charge is 0.173 e. The second kappa shape index (κ2) is 10.2. The van der Waals surface area contributed by atoms with E-state index in [2.05, 4.69) is 28.3 Å². The van der Waals surface area contributed by atoms with Gasteiger partial charge in [-0.25, -0.2) is 8.78 Å². The van der Waals surface area contributed by atoms with E-state index < -0.39 is 11.6 Å². The minimum absolute atomic E-state index is 0.161. The molecule has 5 heteroatoms. The monoisotopic (exact) mass is 362 g/mol. The molecule has 1 aromatic carbocycles. The minimum Gasteiger partial charge on any atom is -0.271 e. The van der Waals surface area contributed by atoms with Crippen molar-refractivity contribution in [2.45, 2.75) is 64.3 Å². The third-order valence-electron chi connectivity index (χ3n) is 3.74. The Labute approximate surface area is 134 Å². The summed E-state index contributed by atoms with van der Waals surface area (Å²) in [6.07, 6.45) is 9.31. The Morgan fingerprint density at radius 2 is 1.71 bits per heavy atom.